The van der Waals surface area contributed by atoms with Crippen LogP contribution in [0.4, 0.5) is 0 Å². The number of carboxylic acid groups (broad SMARTS) is 1. The second kappa shape index (κ2) is 7.53. The molecule has 0 fully saturated rings. The summed E-state index contributed by atoms with van der Waals surface area (Å²) in [4.78, 5) is 24.6. The lowest BCUT2D eigenvalue weighted by Crippen LogP contribution is -2.34. The molecule has 1 aromatic rings. The third-order valence-electron chi connectivity index (χ3n) is 2.70. The number of carboxylic acids is 1. The molecule has 0 unspecified atom stereocenters. The van der Waals surface area contributed by atoms with Crippen molar-refractivity contribution in [2.45, 2.75) is 20.8 Å². The Kier molecular flexibility index (Phi) is 6.03. The van der Waals surface area contributed by atoms with E-state index in [2.05, 4.69) is 13.8 Å². The Hall–Kier alpha value is -2.04. The number of ether oxygens (including phenoxy) is 1. The zero-order valence-corrected chi connectivity index (χ0v) is 12.1. The van der Waals surface area contributed by atoms with Crippen molar-refractivity contribution < 1.29 is 19.4 Å². The predicted octanol–water partition coefficient (Wildman–Crippen LogP) is 2.27. The van der Waals surface area contributed by atoms with Gasteiger partial charge in [-0.05, 0) is 31.0 Å². The van der Waals surface area contributed by atoms with Gasteiger partial charge in [0.1, 0.15) is 5.75 Å². The average Bonchev–Trinajstić information content (AvgIpc) is 2.42. The van der Waals surface area contributed by atoms with E-state index in [9.17, 15) is 9.59 Å². The van der Waals surface area contributed by atoms with Gasteiger partial charge in [-0.25, -0.2) is 4.79 Å². The molecule has 1 aromatic carbocycles. The van der Waals surface area contributed by atoms with E-state index < -0.39 is 12.6 Å². The summed E-state index contributed by atoms with van der Waals surface area (Å²) in [5, 5.41) is 8.58. The van der Waals surface area contributed by atoms with Crippen LogP contribution in [-0.4, -0.2) is 41.6 Å². The maximum Gasteiger partial charge on any atom is 0.341 e. The normalized spacial score (nSPS) is 10.4. The highest BCUT2D eigenvalue weighted by Gasteiger charge is 2.15. The van der Waals surface area contributed by atoms with Crippen molar-refractivity contribution >= 4 is 11.9 Å². The summed E-state index contributed by atoms with van der Waals surface area (Å²) in [5.74, 6) is -0.331. The highest BCUT2D eigenvalue weighted by Crippen LogP contribution is 2.15. The van der Waals surface area contributed by atoms with E-state index in [1.807, 2.05) is 6.92 Å². The molecule has 0 aliphatic rings. The summed E-state index contributed by atoms with van der Waals surface area (Å²) >= 11 is 0. The van der Waals surface area contributed by atoms with E-state index in [1.54, 1.807) is 29.2 Å². The Bertz CT molecular complexity index is 471. The highest BCUT2D eigenvalue weighted by molar-refractivity contribution is 5.94. The topological polar surface area (TPSA) is 66.8 Å². The summed E-state index contributed by atoms with van der Waals surface area (Å²) in [6.45, 7) is 6.96. The molecule has 0 saturated heterocycles. The summed E-state index contributed by atoms with van der Waals surface area (Å²) < 4.78 is 5.08. The molecular weight excluding hydrogens is 258 g/mol. The minimum Gasteiger partial charge on any atom is -0.482 e. The predicted molar refractivity (Wildman–Crippen MR) is 76.0 cm³/mol. The molecule has 0 aromatic heterocycles. The number of benzene rings is 1. The molecule has 110 valence electrons. The van der Waals surface area contributed by atoms with E-state index in [-0.39, 0.29) is 5.91 Å². The SMILES string of the molecule is CCN(CC(C)C)C(=O)c1cccc(OCC(=O)O)c1. The van der Waals surface area contributed by atoms with Crippen LogP contribution >= 0.6 is 0 Å². The van der Waals surface area contributed by atoms with Crippen molar-refractivity contribution in [1.29, 1.82) is 0 Å². The van der Waals surface area contributed by atoms with Crippen LogP contribution in [0.1, 0.15) is 31.1 Å². The third-order valence-corrected chi connectivity index (χ3v) is 2.70. The minimum absolute atomic E-state index is 0.0676. The van der Waals surface area contributed by atoms with Gasteiger partial charge >= 0.3 is 5.97 Å². The molecule has 0 saturated carbocycles. The minimum atomic E-state index is -1.04. The monoisotopic (exact) mass is 279 g/mol. The summed E-state index contributed by atoms with van der Waals surface area (Å²) in [5.41, 5.74) is 0.510. The largest absolute Gasteiger partial charge is 0.482 e. The fraction of sp³-hybridized carbons (Fsp3) is 0.467. The van der Waals surface area contributed by atoms with Crippen LogP contribution in [0.25, 0.3) is 0 Å². The first kappa shape index (κ1) is 16.0. The number of hydrogen-bond donors (Lipinski definition) is 1. The number of nitrogens with zero attached hydrogens (tertiary/aromatic N) is 1. The van der Waals surface area contributed by atoms with E-state index >= 15 is 0 Å². The van der Waals surface area contributed by atoms with Crippen molar-refractivity contribution in [3.8, 4) is 5.75 Å². The molecular formula is C15H21NO4. The molecule has 5 heteroatoms. The van der Waals surface area contributed by atoms with E-state index in [0.717, 1.165) is 0 Å². The molecule has 0 heterocycles. The van der Waals surface area contributed by atoms with Gasteiger partial charge in [-0.3, -0.25) is 4.79 Å². The lowest BCUT2D eigenvalue weighted by Gasteiger charge is -2.23. The van der Waals surface area contributed by atoms with E-state index in [0.29, 0.717) is 30.3 Å². The molecule has 1 N–H and O–H groups in total. The first-order valence-electron chi connectivity index (χ1n) is 6.68. The second-order valence-corrected chi connectivity index (χ2v) is 4.95. The maximum atomic E-state index is 12.4. The molecule has 20 heavy (non-hydrogen) atoms. The summed E-state index contributed by atoms with van der Waals surface area (Å²) in [6, 6.07) is 6.61. The number of rotatable bonds is 7. The average molecular weight is 279 g/mol. The van der Waals surface area contributed by atoms with Crippen LogP contribution in [0, 0.1) is 5.92 Å². The van der Waals surface area contributed by atoms with Crippen molar-refractivity contribution in [2.24, 2.45) is 5.92 Å². The van der Waals surface area contributed by atoms with Crippen LogP contribution in [-0.2, 0) is 4.79 Å². The molecule has 1 amide bonds. The molecule has 0 aliphatic carbocycles. The first-order valence-corrected chi connectivity index (χ1v) is 6.68. The van der Waals surface area contributed by atoms with Gasteiger partial charge in [-0.15, -0.1) is 0 Å². The molecule has 5 nitrogen and oxygen atoms in total. The van der Waals surface area contributed by atoms with Gasteiger partial charge in [0, 0.05) is 18.7 Å². The van der Waals surface area contributed by atoms with Crippen LogP contribution in [0.15, 0.2) is 24.3 Å². The van der Waals surface area contributed by atoms with Crippen LogP contribution in [0.3, 0.4) is 0 Å². The Morgan fingerprint density at radius 3 is 2.60 bits per heavy atom. The Morgan fingerprint density at radius 2 is 2.05 bits per heavy atom. The van der Waals surface area contributed by atoms with Crippen molar-refractivity contribution in [1.82, 2.24) is 4.90 Å². The molecule has 0 spiro atoms. The van der Waals surface area contributed by atoms with Crippen molar-refractivity contribution in [2.75, 3.05) is 19.7 Å². The van der Waals surface area contributed by atoms with Gasteiger partial charge in [0.25, 0.3) is 5.91 Å². The quantitative estimate of drug-likeness (QED) is 0.831. The molecule has 1 rings (SSSR count). The number of aliphatic carboxylic acids is 1. The standard InChI is InChI=1S/C15H21NO4/c1-4-16(9-11(2)3)15(19)12-6-5-7-13(8-12)20-10-14(17)18/h5-8,11H,4,9-10H2,1-3H3,(H,17,18). The summed E-state index contributed by atoms with van der Waals surface area (Å²) in [7, 11) is 0. The lowest BCUT2D eigenvalue weighted by atomic mass is 10.1. The number of carbonyl (C=O) groups is 2. The molecule has 0 radical (unpaired) electrons. The van der Waals surface area contributed by atoms with Crippen molar-refractivity contribution in [3.63, 3.8) is 0 Å². The first-order chi connectivity index (χ1) is 9.43. The fourth-order valence-corrected chi connectivity index (χ4v) is 1.84. The zero-order valence-electron chi connectivity index (χ0n) is 12.1. The van der Waals surface area contributed by atoms with Gasteiger partial charge < -0.3 is 14.7 Å². The van der Waals surface area contributed by atoms with Gasteiger partial charge in [0.2, 0.25) is 0 Å². The van der Waals surface area contributed by atoms with Gasteiger partial charge in [0.05, 0.1) is 0 Å². The number of carbonyl (C=O) groups excluding carboxylic acids is 1. The fourth-order valence-electron chi connectivity index (χ4n) is 1.84. The van der Waals surface area contributed by atoms with Gasteiger partial charge in [0.15, 0.2) is 6.61 Å². The Labute approximate surface area is 119 Å². The molecule has 0 aliphatic heterocycles. The van der Waals surface area contributed by atoms with Crippen LogP contribution < -0.4 is 4.74 Å². The maximum absolute atomic E-state index is 12.4. The molecule has 0 atom stereocenters. The number of amides is 1. The highest BCUT2D eigenvalue weighted by atomic mass is 16.5. The summed E-state index contributed by atoms with van der Waals surface area (Å²) in [6.07, 6.45) is 0. The van der Waals surface area contributed by atoms with E-state index in [1.165, 1.54) is 0 Å². The van der Waals surface area contributed by atoms with Gasteiger partial charge in [-0.1, -0.05) is 19.9 Å². The molecule has 0 bridgehead atoms. The zero-order chi connectivity index (χ0) is 15.1. The Morgan fingerprint density at radius 1 is 1.35 bits per heavy atom. The second-order valence-electron chi connectivity index (χ2n) is 4.95. The van der Waals surface area contributed by atoms with E-state index in [4.69, 9.17) is 9.84 Å². The smallest absolute Gasteiger partial charge is 0.341 e. The van der Waals surface area contributed by atoms with Crippen LogP contribution in [0.2, 0.25) is 0 Å². The lowest BCUT2D eigenvalue weighted by molar-refractivity contribution is -0.139. The Balaban J connectivity index is 2.81. The third kappa shape index (κ3) is 4.91. The van der Waals surface area contributed by atoms with Gasteiger partial charge in [-0.2, -0.15) is 0 Å². The van der Waals surface area contributed by atoms with Crippen LogP contribution in [0.5, 0.6) is 5.75 Å². The number of hydrogen-bond acceptors (Lipinski definition) is 3. The van der Waals surface area contributed by atoms with Crippen molar-refractivity contribution in [3.05, 3.63) is 29.8 Å².